The lowest BCUT2D eigenvalue weighted by molar-refractivity contribution is -0.0499. The SMILES string of the molecule is Cc1cc(C(=O)NCC(O)c2cccc(OC(F)F)c2)oc1C. The maximum absolute atomic E-state index is 12.2. The Kier molecular flexibility index (Phi) is 5.33. The molecule has 5 nitrogen and oxygen atoms in total. The maximum atomic E-state index is 12.2. The second-order valence-electron chi connectivity index (χ2n) is 5.03. The molecule has 0 radical (unpaired) electrons. The molecule has 23 heavy (non-hydrogen) atoms. The lowest BCUT2D eigenvalue weighted by atomic mass is 10.1. The fraction of sp³-hybridized carbons (Fsp3) is 0.312. The quantitative estimate of drug-likeness (QED) is 0.856. The highest BCUT2D eigenvalue weighted by molar-refractivity contribution is 5.91. The standard InChI is InChI=1S/C16H17F2NO4/c1-9-6-14(22-10(9)2)15(21)19-8-13(20)11-4-3-5-12(7-11)23-16(17)18/h3-7,13,16,20H,8H2,1-2H3,(H,19,21). The first-order valence-corrected chi connectivity index (χ1v) is 6.95. The summed E-state index contributed by atoms with van der Waals surface area (Å²) in [6, 6.07) is 7.29. The van der Waals surface area contributed by atoms with Gasteiger partial charge in [-0.3, -0.25) is 4.79 Å². The van der Waals surface area contributed by atoms with Crippen LogP contribution in [0.15, 0.2) is 34.7 Å². The summed E-state index contributed by atoms with van der Waals surface area (Å²) in [6.45, 7) is 0.539. The van der Waals surface area contributed by atoms with Crippen LogP contribution < -0.4 is 10.1 Å². The van der Waals surface area contributed by atoms with Crippen molar-refractivity contribution in [1.29, 1.82) is 0 Å². The van der Waals surface area contributed by atoms with Gasteiger partial charge in [-0.1, -0.05) is 12.1 Å². The van der Waals surface area contributed by atoms with Gasteiger partial charge in [-0.05, 0) is 43.2 Å². The van der Waals surface area contributed by atoms with Crippen molar-refractivity contribution in [3.05, 3.63) is 53.0 Å². The van der Waals surface area contributed by atoms with Crippen LogP contribution in [0.2, 0.25) is 0 Å². The Morgan fingerprint density at radius 2 is 2.09 bits per heavy atom. The van der Waals surface area contributed by atoms with Gasteiger partial charge in [-0.15, -0.1) is 0 Å². The number of carbonyl (C=O) groups is 1. The Labute approximate surface area is 131 Å². The number of benzene rings is 1. The number of alkyl halides is 2. The number of aliphatic hydroxyl groups is 1. The Morgan fingerprint density at radius 3 is 2.70 bits per heavy atom. The van der Waals surface area contributed by atoms with Gasteiger partial charge in [-0.25, -0.2) is 0 Å². The van der Waals surface area contributed by atoms with E-state index in [1.165, 1.54) is 18.2 Å². The van der Waals surface area contributed by atoms with Crippen molar-refractivity contribution in [2.24, 2.45) is 0 Å². The predicted molar refractivity (Wildman–Crippen MR) is 78.5 cm³/mol. The highest BCUT2D eigenvalue weighted by Gasteiger charge is 2.15. The Bertz CT molecular complexity index is 665. The number of hydrogen-bond donors (Lipinski definition) is 2. The zero-order chi connectivity index (χ0) is 17.0. The number of rotatable bonds is 6. The molecular formula is C16H17F2NO4. The van der Waals surface area contributed by atoms with E-state index in [0.717, 1.165) is 5.56 Å². The van der Waals surface area contributed by atoms with Crippen LogP contribution in [-0.4, -0.2) is 24.2 Å². The van der Waals surface area contributed by atoms with Gasteiger partial charge in [0.05, 0.1) is 6.10 Å². The largest absolute Gasteiger partial charge is 0.456 e. The molecule has 2 rings (SSSR count). The number of furan rings is 1. The fourth-order valence-electron chi connectivity index (χ4n) is 1.98. The third-order valence-electron chi connectivity index (χ3n) is 3.31. The van der Waals surface area contributed by atoms with Gasteiger partial charge in [0.1, 0.15) is 11.5 Å². The van der Waals surface area contributed by atoms with E-state index in [-0.39, 0.29) is 18.1 Å². The van der Waals surface area contributed by atoms with Crippen LogP contribution >= 0.6 is 0 Å². The second-order valence-corrected chi connectivity index (χ2v) is 5.03. The predicted octanol–water partition coefficient (Wildman–Crippen LogP) is 2.96. The van der Waals surface area contributed by atoms with E-state index in [9.17, 15) is 18.7 Å². The second kappa shape index (κ2) is 7.23. The third kappa shape index (κ3) is 4.53. The first-order valence-electron chi connectivity index (χ1n) is 6.95. The zero-order valence-corrected chi connectivity index (χ0v) is 12.7. The number of halogens is 2. The van der Waals surface area contributed by atoms with Crippen LogP contribution in [0.4, 0.5) is 8.78 Å². The molecule has 0 saturated carbocycles. The van der Waals surface area contributed by atoms with Gasteiger partial charge in [0, 0.05) is 6.54 Å². The van der Waals surface area contributed by atoms with E-state index in [1.54, 1.807) is 19.1 Å². The van der Waals surface area contributed by atoms with Crippen LogP contribution in [0.1, 0.15) is 33.5 Å². The number of carbonyl (C=O) groups excluding carboxylic acids is 1. The molecule has 124 valence electrons. The van der Waals surface area contributed by atoms with E-state index in [4.69, 9.17) is 4.42 Å². The topological polar surface area (TPSA) is 71.7 Å². The molecule has 7 heteroatoms. The molecule has 1 unspecified atom stereocenters. The highest BCUT2D eigenvalue weighted by Crippen LogP contribution is 2.20. The molecule has 0 bridgehead atoms. The van der Waals surface area contributed by atoms with Crippen molar-refractivity contribution >= 4 is 5.91 Å². The van der Waals surface area contributed by atoms with Gasteiger partial charge < -0.3 is 19.6 Å². The number of amides is 1. The van der Waals surface area contributed by atoms with Crippen LogP contribution in [0, 0.1) is 13.8 Å². The lowest BCUT2D eigenvalue weighted by Crippen LogP contribution is -2.28. The first-order chi connectivity index (χ1) is 10.9. The van der Waals surface area contributed by atoms with Crippen molar-refractivity contribution in [3.8, 4) is 5.75 Å². The molecule has 1 aromatic carbocycles. The van der Waals surface area contributed by atoms with E-state index >= 15 is 0 Å². The summed E-state index contributed by atoms with van der Waals surface area (Å²) in [7, 11) is 0. The molecule has 1 amide bonds. The maximum Gasteiger partial charge on any atom is 0.387 e. The van der Waals surface area contributed by atoms with Crippen molar-refractivity contribution in [1.82, 2.24) is 5.32 Å². The van der Waals surface area contributed by atoms with E-state index < -0.39 is 18.6 Å². The monoisotopic (exact) mass is 325 g/mol. The molecule has 1 aromatic heterocycles. The Hall–Kier alpha value is -2.41. The van der Waals surface area contributed by atoms with Gasteiger partial charge >= 0.3 is 6.61 Å². The molecular weight excluding hydrogens is 308 g/mol. The number of aryl methyl sites for hydroxylation is 2. The smallest absolute Gasteiger partial charge is 0.387 e. The molecule has 2 aromatic rings. The number of hydrogen-bond acceptors (Lipinski definition) is 4. The minimum atomic E-state index is -2.94. The summed E-state index contributed by atoms with van der Waals surface area (Å²) in [4.78, 5) is 11.9. The third-order valence-corrected chi connectivity index (χ3v) is 3.31. The average molecular weight is 325 g/mol. The number of aliphatic hydroxyl groups excluding tert-OH is 1. The molecule has 0 spiro atoms. The summed E-state index contributed by atoms with van der Waals surface area (Å²) in [5.41, 5.74) is 1.21. The van der Waals surface area contributed by atoms with Crippen molar-refractivity contribution in [3.63, 3.8) is 0 Å². The van der Waals surface area contributed by atoms with Gasteiger partial charge in [0.2, 0.25) is 0 Å². The fourth-order valence-corrected chi connectivity index (χ4v) is 1.98. The Morgan fingerprint density at radius 1 is 1.35 bits per heavy atom. The van der Waals surface area contributed by atoms with Gasteiger partial charge in [-0.2, -0.15) is 8.78 Å². The van der Waals surface area contributed by atoms with Crippen molar-refractivity contribution in [2.75, 3.05) is 6.54 Å². The summed E-state index contributed by atoms with van der Waals surface area (Å²) in [5.74, 6) is 0.287. The lowest BCUT2D eigenvalue weighted by Gasteiger charge is -2.13. The average Bonchev–Trinajstić information content (AvgIpc) is 2.83. The van der Waals surface area contributed by atoms with E-state index in [0.29, 0.717) is 11.3 Å². The van der Waals surface area contributed by atoms with Crippen LogP contribution in [-0.2, 0) is 0 Å². The van der Waals surface area contributed by atoms with Gasteiger partial charge in [0.15, 0.2) is 5.76 Å². The molecule has 0 aliphatic carbocycles. The van der Waals surface area contributed by atoms with Crippen LogP contribution in [0.5, 0.6) is 5.75 Å². The van der Waals surface area contributed by atoms with Crippen molar-refractivity contribution < 1.29 is 27.8 Å². The molecule has 2 N–H and O–H groups in total. The van der Waals surface area contributed by atoms with Crippen molar-refractivity contribution in [2.45, 2.75) is 26.6 Å². The minimum Gasteiger partial charge on any atom is -0.456 e. The summed E-state index contributed by atoms with van der Waals surface area (Å²) in [6.07, 6.45) is -1.06. The van der Waals surface area contributed by atoms with Crippen LogP contribution in [0.25, 0.3) is 0 Å². The Balaban J connectivity index is 1.96. The summed E-state index contributed by atoms with van der Waals surface area (Å²) >= 11 is 0. The number of nitrogens with one attached hydrogen (secondary N) is 1. The van der Waals surface area contributed by atoms with E-state index in [1.807, 2.05) is 6.92 Å². The number of ether oxygens (including phenoxy) is 1. The highest BCUT2D eigenvalue weighted by atomic mass is 19.3. The molecule has 1 atom stereocenters. The molecule has 1 heterocycles. The minimum absolute atomic E-state index is 0.0554. The normalized spacial score (nSPS) is 12.3. The molecule has 0 saturated heterocycles. The molecule has 0 fully saturated rings. The van der Waals surface area contributed by atoms with E-state index in [2.05, 4.69) is 10.1 Å². The molecule has 0 aliphatic rings. The zero-order valence-electron chi connectivity index (χ0n) is 12.7. The molecule has 0 aliphatic heterocycles. The summed E-state index contributed by atoms with van der Waals surface area (Å²) in [5, 5.41) is 12.6. The van der Waals surface area contributed by atoms with Gasteiger partial charge in [0.25, 0.3) is 5.91 Å². The van der Waals surface area contributed by atoms with Crippen LogP contribution in [0.3, 0.4) is 0 Å². The summed E-state index contributed by atoms with van der Waals surface area (Å²) < 4.78 is 33.9. The first kappa shape index (κ1) is 17.0.